The first kappa shape index (κ1) is 47.3. The van der Waals surface area contributed by atoms with Gasteiger partial charge in [-0.2, -0.15) is 18.2 Å². The van der Waals surface area contributed by atoms with Crippen LogP contribution in [0.25, 0.3) is 11.2 Å². The van der Waals surface area contributed by atoms with Gasteiger partial charge >= 0.3 is 26.7 Å². The summed E-state index contributed by atoms with van der Waals surface area (Å²) in [5.74, 6) is -3.49. The molecule has 3 aromatic carbocycles. The van der Waals surface area contributed by atoms with Crippen molar-refractivity contribution in [1.82, 2.24) is 19.9 Å². The van der Waals surface area contributed by atoms with Crippen LogP contribution in [0.1, 0.15) is 78.1 Å². The fourth-order valence-electron chi connectivity index (χ4n) is 5.06. The van der Waals surface area contributed by atoms with Gasteiger partial charge in [0.15, 0.2) is 16.9 Å². The number of Topliss-reactive ketones (excluding diaryl/α,β-unsaturated/α-hetero) is 1. The lowest BCUT2D eigenvalue weighted by Gasteiger charge is -2.16. The first-order valence-electron chi connectivity index (χ1n) is 18.6. The predicted molar refractivity (Wildman–Crippen MR) is 219 cm³/mol. The van der Waals surface area contributed by atoms with Crippen molar-refractivity contribution in [2.75, 3.05) is 29.2 Å². The third-order valence-corrected chi connectivity index (χ3v) is 9.59. The number of aliphatic carboxylic acids is 2. The SMILES string of the molecule is CC(CCC(=O)O)C(=O)O.CCOP(OCC)OCc1ccc(NC(=O)c2ccc(C(F)(F)F)cc2Nc2nc3ncc(CNc4ccc(C(C)=O)cc4)nc3c(=O)[nH]2)cc1. The molecule has 1 atom stereocenters. The number of alkyl halides is 3. The second-order valence-electron chi connectivity index (χ2n) is 13.0. The van der Waals surface area contributed by atoms with Crippen LogP contribution in [0.15, 0.2) is 77.7 Å². The van der Waals surface area contributed by atoms with E-state index in [0.717, 1.165) is 23.8 Å². The Kier molecular flexibility index (Phi) is 17.3. The number of benzene rings is 3. The van der Waals surface area contributed by atoms with E-state index in [4.69, 9.17) is 23.8 Å². The highest BCUT2D eigenvalue weighted by molar-refractivity contribution is 7.41. The van der Waals surface area contributed by atoms with E-state index in [0.29, 0.717) is 35.8 Å². The highest BCUT2D eigenvalue weighted by Crippen LogP contribution is 2.40. The molecule has 0 radical (unpaired) electrons. The summed E-state index contributed by atoms with van der Waals surface area (Å²) in [4.78, 5) is 73.1. The summed E-state index contributed by atoms with van der Waals surface area (Å²) in [6.07, 6.45) is -3.20. The van der Waals surface area contributed by atoms with E-state index in [1.807, 2.05) is 13.8 Å². The van der Waals surface area contributed by atoms with Crippen molar-refractivity contribution in [1.29, 1.82) is 0 Å². The maximum absolute atomic E-state index is 13.7. The van der Waals surface area contributed by atoms with Gasteiger partial charge < -0.3 is 39.7 Å². The summed E-state index contributed by atoms with van der Waals surface area (Å²) in [5, 5.41) is 24.9. The summed E-state index contributed by atoms with van der Waals surface area (Å²) < 4.78 is 57.6. The molecule has 61 heavy (non-hydrogen) atoms. The fourth-order valence-corrected chi connectivity index (χ4v) is 5.96. The third kappa shape index (κ3) is 14.7. The van der Waals surface area contributed by atoms with Crippen molar-refractivity contribution in [3.05, 3.63) is 111 Å². The van der Waals surface area contributed by atoms with Crippen LogP contribution in [0, 0.1) is 5.92 Å². The molecule has 0 bridgehead atoms. The number of carbonyl (C=O) groups is 4. The molecular weight excluding hydrogens is 826 g/mol. The van der Waals surface area contributed by atoms with Crippen LogP contribution in [0.5, 0.6) is 0 Å². The number of carboxylic acids is 2. The number of hydrogen-bond acceptors (Lipinski definition) is 13. The first-order valence-corrected chi connectivity index (χ1v) is 19.7. The summed E-state index contributed by atoms with van der Waals surface area (Å²) in [5.41, 5.74) is 0.501. The number of carbonyl (C=O) groups excluding carboxylic acids is 2. The van der Waals surface area contributed by atoms with Crippen molar-refractivity contribution in [2.24, 2.45) is 5.92 Å². The van der Waals surface area contributed by atoms with Crippen LogP contribution in [0.3, 0.4) is 0 Å². The number of aromatic amines is 1. The average Bonchev–Trinajstić information content (AvgIpc) is 3.22. The van der Waals surface area contributed by atoms with Gasteiger partial charge in [-0.05, 0) is 87.4 Å². The Bertz CT molecular complexity index is 2360. The Morgan fingerprint density at radius 2 is 1.56 bits per heavy atom. The number of fused-ring (bicyclic) bond motifs is 1. The van der Waals surface area contributed by atoms with Gasteiger partial charge in [-0.3, -0.25) is 29.0 Å². The molecule has 1 unspecified atom stereocenters. The molecule has 5 aromatic rings. The average molecular weight is 870 g/mol. The third-order valence-electron chi connectivity index (χ3n) is 8.31. The molecular formula is C40H43F3N7O10P. The zero-order valence-corrected chi connectivity index (χ0v) is 34.2. The minimum absolute atomic E-state index is 0.0605. The highest BCUT2D eigenvalue weighted by atomic mass is 31.2. The van der Waals surface area contributed by atoms with Gasteiger partial charge in [0.1, 0.15) is 0 Å². The lowest BCUT2D eigenvalue weighted by molar-refractivity contribution is -0.142. The van der Waals surface area contributed by atoms with Crippen LogP contribution in [-0.4, -0.2) is 67.0 Å². The second-order valence-corrected chi connectivity index (χ2v) is 14.2. The number of nitrogens with zero attached hydrogens (tertiary/aromatic N) is 3. The van der Waals surface area contributed by atoms with Crippen LogP contribution >= 0.6 is 8.60 Å². The smallest absolute Gasteiger partial charge is 0.416 e. The van der Waals surface area contributed by atoms with E-state index in [2.05, 4.69) is 35.9 Å². The largest absolute Gasteiger partial charge is 0.481 e. The standard InChI is InChI=1S/C34H33F3N7O6P.C6H10O4/c1-4-48-51(49-5-2)50-19-21-6-11-25(12-7-21)41-31(46)27-15-10-23(34(35,36)37)16-28(27)42-33-43-30-29(32(47)44-33)40-26(18-39-30)17-38-24-13-8-22(9-14-24)20(3)45;1-4(6(9)10)2-3-5(7)8/h6-16,18,38H,4-5,17,19H2,1-3H3,(H,41,46)(H2,39,42,43,44,47);4H,2-3H2,1H3,(H,7,8)(H,9,10). The van der Waals surface area contributed by atoms with Gasteiger partial charge in [0, 0.05) is 23.4 Å². The van der Waals surface area contributed by atoms with Crippen LogP contribution in [0.2, 0.25) is 0 Å². The monoisotopic (exact) mass is 869 g/mol. The van der Waals surface area contributed by atoms with Gasteiger partial charge in [-0.1, -0.05) is 19.1 Å². The minimum Gasteiger partial charge on any atom is -0.481 e. The normalized spacial score (nSPS) is 11.7. The molecule has 0 aliphatic heterocycles. The van der Waals surface area contributed by atoms with Crippen molar-refractivity contribution in [3.8, 4) is 0 Å². The van der Waals surface area contributed by atoms with Gasteiger partial charge in [0.25, 0.3) is 11.5 Å². The van der Waals surface area contributed by atoms with E-state index in [-0.39, 0.29) is 60.1 Å². The maximum Gasteiger partial charge on any atom is 0.416 e. The van der Waals surface area contributed by atoms with Crippen molar-refractivity contribution in [3.63, 3.8) is 0 Å². The second kappa shape index (κ2) is 22.3. The van der Waals surface area contributed by atoms with E-state index in [1.54, 1.807) is 48.5 Å². The predicted octanol–water partition coefficient (Wildman–Crippen LogP) is 7.93. The van der Waals surface area contributed by atoms with Gasteiger partial charge in [0.05, 0.1) is 61.0 Å². The first-order chi connectivity index (χ1) is 29.0. The van der Waals surface area contributed by atoms with Gasteiger partial charge in [-0.15, -0.1) is 0 Å². The number of rotatable bonds is 19. The Balaban J connectivity index is 0.000000727. The topological polar surface area (TPSA) is 244 Å². The number of carboxylic acid groups (broad SMARTS) is 2. The number of nitrogens with one attached hydrogen (secondary N) is 4. The number of ketones is 1. The zero-order valence-electron chi connectivity index (χ0n) is 33.3. The number of amides is 1. The van der Waals surface area contributed by atoms with Gasteiger partial charge in [-0.25, -0.2) is 9.97 Å². The molecule has 21 heteroatoms. The van der Waals surface area contributed by atoms with Crippen molar-refractivity contribution in [2.45, 2.75) is 59.9 Å². The molecule has 324 valence electrons. The number of halogens is 3. The molecule has 1 amide bonds. The molecule has 6 N–H and O–H groups in total. The molecule has 0 aliphatic rings. The van der Waals surface area contributed by atoms with E-state index < -0.39 is 49.7 Å². The zero-order chi connectivity index (χ0) is 44.7. The lowest BCUT2D eigenvalue weighted by Crippen LogP contribution is -2.18. The minimum atomic E-state index is -4.72. The Morgan fingerprint density at radius 3 is 2.15 bits per heavy atom. The Hall–Kier alpha value is -6.34. The molecule has 0 aliphatic carbocycles. The number of hydrogen-bond donors (Lipinski definition) is 6. The summed E-state index contributed by atoms with van der Waals surface area (Å²) in [6.45, 7) is 7.88. The Morgan fingerprint density at radius 1 is 0.902 bits per heavy atom. The quantitative estimate of drug-likeness (QED) is 0.0341. The summed E-state index contributed by atoms with van der Waals surface area (Å²) >= 11 is 0. The van der Waals surface area contributed by atoms with Crippen molar-refractivity contribution < 1.29 is 56.1 Å². The molecule has 2 aromatic heterocycles. The van der Waals surface area contributed by atoms with E-state index >= 15 is 0 Å². The maximum atomic E-state index is 13.7. The summed E-state index contributed by atoms with van der Waals surface area (Å²) in [7, 11) is -1.50. The lowest BCUT2D eigenvalue weighted by atomic mass is 10.1. The molecule has 5 rings (SSSR count). The van der Waals surface area contributed by atoms with Gasteiger partial charge in [0.2, 0.25) is 5.95 Å². The fraction of sp³-hybridized carbons (Fsp3) is 0.300. The highest BCUT2D eigenvalue weighted by Gasteiger charge is 2.32. The Labute approximate surface area is 348 Å². The molecule has 17 nitrogen and oxygen atoms in total. The van der Waals surface area contributed by atoms with Crippen LogP contribution in [0.4, 0.5) is 36.2 Å². The van der Waals surface area contributed by atoms with Crippen LogP contribution in [-0.2, 0) is 42.5 Å². The molecule has 0 spiro atoms. The number of aromatic nitrogens is 4. The number of H-pyrrole nitrogens is 1. The van der Waals surface area contributed by atoms with E-state index in [1.165, 1.54) is 20.0 Å². The summed E-state index contributed by atoms with van der Waals surface area (Å²) in [6, 6.07) is 16.0. The van der Waals surface area contributed by atoms with Crippen molar-refractivity contribution >= 4 is 66.4 Å². The number of anilines is 4. The van der Waals surface area contributed by atoms with Crippen LogP contribution < -0.4 is 21.5 Å². The molecule has 0 saturated heterocycles. The molecule has 0 saturated carbocycles. The molecule has 0 fully saturated rings. The van der Waals surface area contributed by atoms with E-state index in [9.17, 15) is 37.1 Å². The molecule has 2 heterocycles.